The fourth-order valence-electron chi connectivity index (χ4n) is 2.75. The standard InChI is InChI=1S/C17H16ClNO2/c1-11-2-4-12(5-3-11)15-8-13(18)6-7-14(15)16-9-19(21)10-17(16)20/h2-8,16,21H,9-10H2,1H3. The molecule has 0 spiro atoms. The van der Waals surface area contributed by atoms with Crippen LogP contribution in [0.4, 0.5) is 0 Å². The number of ketones is 1. The molecular formula is C17H16ClNO2. The Labute approximate surface area is 128 Å². The van der Waals surface area contributed by atoms with Gasteiger partial charge in [-0.2, -0.15) is 5.06 Å². The normalized spacial score (nSPS) is 19.2. The molecule has 4 heteroatoms. The molecule has 0 amide bonds. The fourth-order valence-corrected chi connectivity index (χ4v) is 2.93. The van der Waals surface area contributed by atoms with Crippen LogP contribution in [0, 0.1) is 6.92 Å². The summed E-state index contributed by atoms with van der Waals surface area (Å²) >= 11 is 6.13. The van der Waals surface area contributed by atoms with E-state index in [1.165, 1.54) is 5.56 Å². The molecule has 0 radical (unpaired) electrons. The highest BCUT2D eigenvalue weighted by Gasteiger charge is 2.32. The minimum Gasteiger partial charge on any atom is -0.314 e. The van der Waals surface area contributed by atoms with Crippen molar-refractivity contribution in [2.75, 3.05) is 13.1 Å². The fraction of sp³-hybridized carbons (Fsp3) is 0.235. The number of nitrogens with zero attached hydrogens (tertiary/aromatic N) is 1. The Morgan fingerprint density at radius 2 is 1.90 bits per heavy atom. The van der Waals surface area contributed by atoms with Gasteiger partial charge in [0, 0.05) is 11.6 Å². The van der Waals surface area contributed by atoms with Gasteiger partial charge in [-0.1, -0.05) is 47.5 Å². The Balaban J connectivity index is 2.09. The molecule has 0 aliphatic carbocycles. The van der Waals surface area contributed by atoms with Crippen LogP contribution in [0.2, 0.25) is 5.02 Å². The van der Waals surface area contributed by atoms with Crippen LogP contribution in [-0.2, 0) is 4.79 Å². The summed E-state index contributed by atoms with van der Waals surface area (Å²) in [5, 5.41) is 11.3. The summed E-state index contributed by atoms with van der Waals surface area (Å²) in [7, 11) is 0. The first kappa shape index (κ1) is 14.3. The summed E-state index contributed by atoms with van der Waals surface area (Å²) < 4.78 is 0. The number of benzene rings is 2. The van der Waals surface area contributed by atoms with E-state index in [1.807, 2.05) is 43.3 Å². The van der Waals surface area contributed by atoms with Crippen molar-refractivity contribution in [3.8, 4) is 11.1 Å². The smallest absolute Gasteiger partial charge is 0.158 e. The zero-order valence-electron chi connectivity index (χ0n) is 11.7. The second-order valence-corrected chi connectivity index (χ2v) is 5.90. The zero-order valence-corrected chi connectivity index (χ0v) is 12.5. The number of hydrogen-bond donors (Lipinski definition) is 1. The molecule has 3 rings (SSSR count). The van der Waals surface area contributed by atoms with Crippen LogP contribution < -0.4 is 0 Å². The van der Waals surface area contributed by atoms with Gasteiger partial charge in [0.15, 0.2) is 5.78 Å². The van der Waals surface area contributed by atoms with Crippen molar-refractivity contribution >= 4 is 17.4 Å². The third kappa shape index (κ3) is 2.86. The Hall–Kier alpha value is -1.68. The lowest BCUT2D eigenvalue weighted by molar-refractivity contribution is -0.122. The zero-order chi connectivity index (χ0) is 15.0. The van der Waals surface area contributed by atoms with Crippen molar-refractivity contribution < 1.29 is 10.0 Å². The van der Waals surface area contributed by atoms with Crippen LogP contribution in [0.15, 0.2) is 42.5 Å². The van der Waals surface area contributed by atoms with Crippen LogP contribution in [0.3, 0.4) is 0 Å². The first-order valence-electron chi connectivity index (χ1n) is 6.87. The van der Waals surface area contributed by atoms with Gasteiger partial charge >= 0.3 is 0 Å². The second-order valence-electron chi connectivity index (χ2n) is 5.46. The largest absolute Gasteiger partial charge is 0.314 e. The van der Waals surface area contributed by atoms with Crippen LogP contribution >= 0.6 is 11.6 Å². The maximum Gasteiger partial charge on any atom is 0.158 e. The number of hydroxylamine groups is 2. The molecule has 1 saturated heterocycles. The maximum atomic E-state index is 12.1. The summed E-state index contributed by atoms with van der Waals surface area (Å²) in [6.07, 6.45) is 0. The summed E-state index contributed by atoms with van der Waals surface area (Å²) in [5.41, 5.74) is 4.09. The van der Waals surface area contributed by atoms with Crippen molar-refractivity contribution in [1.82, 2.24) is 5.06 Å². The molecule has 2 aromatic rings. The molecule has 3 nitrogen and oxygen atoms in total. The molecule has 1 fully saturated rings. The Morgan fingerprint density at radius 1 is 1.19 bits per heavy atom. The van der Waals surface area contributed by atoms with E-state index in [0.717, 1.165) is 21.8 Å². The molecule has 2 aromatic carbocycles. The van der Waals surface area contributed by atoms with E-state index in [9.17, 15) is 10.0 Å². The van der Waals surface area contributed by atoms with Crippen molar-refractivity contribution in [2.45, 2.75) is 12.8 Å². The van der Waals surface area contributed by atoms with E-state index in [0.29, 0.717) is 11.6 Å². The highest BCUT2D eigenvalue weighted by Crippen LogP contribution is 2.34. The Kier molecular flexibility index (Phi) is 3.81. The average Bonchev–Trinajstić information content (AvgIpc) is 2.78. The first-order chi connectivity index (χ1) is 10.0. The summed E-state index contributed by atoms with van der Waals surface area (Å²) in [6, 6.07) is 13.7. The van der Waals surface area contributed by atoms with E-state index in [1.54, 1.807) is 6.07 Å². The molecule has 1 N–H and O–H groups in total. The molecule has 1 atom stereocenters. The number of rotatable bonds is 2. The van der Waals surface area contributed by atoms with E-state index in [2.05, 4.69) is 0 Å². The minimum atomic E-state index is -0.302. The van der Waals surface area contributed by atoms with Crippen LogP contribution in [-0.4, -0.2) is 29.1 Å². The van der Waals surface area contributed by atoms with Gasteiger partial charge in [-0.3, -0.25) is 4.79 Å². The lowest BCUT2D eigenvalue weighted by atomic mass is 9.89. The number of halogens is 1. The quantitative estimate of drug-likeness (QED) is 0.920. The van der Waals surface area contributed by atoms with Gasteiger partial charge in [0.1, 0.15) is 0 Å². The van der Waals surface area contributed by atoms with E-state index in [-0.39, 0.29) is 18.2 Å². The van der Waals surface area contributed by atoms with Gasteiger partial charge in [0.25, 0.3) is 0 Å². The molecule has 1 heterocycles. The van der Waals surface area contributed by atoms with E-state index < -0.39 is 0 Å². The van der Waals surface area contributed by atoms with Crippen LogP contribution in [0.5, 0.6) is 0 Å². The van der Waals surface area contributed by atoms with E-state index in [4.69, 9.17) is 11.6 Å². The lowest BCUT2D eigenvalue weighted by Crippen LogP contribution is -2.14. The van der Waals surface area contributed by atoms with Crippen LogP contribution in [0.25, 0.3) is 11.1 Å². The average molecular weight is 302 g/mol. The van der Waals surface area contributed by atoms with Crippen molar-refractivity contribution in [1.29, 1.82) is 0 Å². The van der Waals surface area contributed by atoms with Crippen molar-refractivity contribution in [2.24, 2.45) is 0 Å². The Morgan fingerprint density at radius 3 is 2.52 bits per heavy atom. The number of aryl methyl sites for hydroxylation is 1. The molecule has 21 heavy (non-hydrogen) atoms. The monoisotopic (exact) mass is 301 g/mol. The van der Waals surface area contributed by atoms with Gasteiger partial charge in [-0.05, 0) is 35.7 Å². The summed E-state index contributed by atoms with van der Waals surface area (Å²) in [4.78, 5) is 12.1. The molecule has 0 saturated carbocycles. The van der Waals surface area contributed by atoms with Crippen LogP contribution in [0.1, 0.15) is 17.0 Å². The summed E-state index contributed by atoms with van der Waals surface area (Å²) in [5.74, 6) is -0.267. The second kappa shape index (κ2) is 5.60. The Bertz CT molecular complexity index is 682. The van der Waals surface area contributed by atoms with E-state index >= 15 is 0 Å². The minimum absolute atomic E-state index is 0.0354. The van der Waals surface area contributed by atoms with Gasteiger partial charge in [0.2, 0.25) is 0 Å². The number of Topliss-reactive ketones (excluding diaryl/α,β-unsaturated/α-hetero) is 1. The topological polar surface area (TPSA) is 40.5 Å². The molecule has 0 bridgehead atoms. The third-order valence-electron chi connectivity index (χ3n) is 3.87. The molecular weight excluding hydrogens is 286 g/mol. The van der Waals surface area contributed by atoms with Gasteiger partial charge in [-0.15, -0.1) is 0 Å². The molecule has 1 unspecified atom stereocenters. The molecule has 108 valence electrons. The highest BCUT2D eigenvalue weighted by molar-refractivity contribution is 6.31. The van der Waals surface area contributed by atoms with Crippen molar-refractivity contribution in [3.63, 3.8) is 0 Å². The summed E-state index contributed by atoms with van der Waals surface area (Å²) in [6.45, 7) is 2.45. The predicted octanol–water partition coefficient (Wildman–Crippen LogP) is 3.67. The molecule has 0 aromatic heterocycles. The highest BCUT2D eigenvalue weighted by atomic mass is 35.5. The number of carbonyl (C=O) groups is 1. The van der Waals surface area contributed by atoms with Crippen molar-refractivity contribution in [3.05, 3.63) is 58.6 Å². The van der Waals surface area contributed by atoms with Gasteiger partial charge in [-0.25, -0.2) is 0 Å². The third-order valence-corrected chi connectivity index (χ3v) is 4.11. The lowest BCUT2D eigenvalue weighted by Gasteiger charge is -2.15. The molecule has 1 aliphatic heterocycles. The van der Waals surface area contributed by atoms with Gasteiger partial charge in [0.05, 0.1) is 12.5 Å². The maximum absolute atomic E-state index is 12.1. The SMILES string of the molecule is Cc1ccc(-c2cc(Cl)ccc2C2CN(O)CC2=O)cc1. The van der Waals surface area contributed by atoms with Gasteiger partial charge < -0.3 is 5.21 Å². The predicted molar refractivity (Wildman–Crippen MR) is 82.7 cm³/mol. The first-order valence-corrected chi connectivity index (χ1v) is 7.25. The number of carbonyl (C=O) groups excluding carboxylic acids is 1. The molecule has 1 aliphatic rings. The number of hydrogen-bond acceptors (Lipinski definition) is 3.